The summed E-state index contributed by atoms with van der Waals surface area (Å²) in [5, 5.41) is 7.79. The molecule has 1 aliphatic heterocycles. The van der Waals surface area contributed by atoms with E-state index in [1.54, 1.807) is 21.8 Å². The van der Waals surface area contributed by atoms with Gasteiger partial charge in [0.05, 0.1) is 25.5 Å². The normalized spacial score (nSPS) is 17.9. The van der Waals surface area contributed by atoms with Gasteiger partial charge in [-0.3, -0.25) is 9.48 Å². The molecular weight excluding hydrogens is 313 g/mol. The molecule has 0 aliphatic carbocycles. The van der Waals surface area contributed by atoms with Gasteiger partial charge in [-0.2, -0.15) is 0 Å². The molecule has 7 nitrogen and oxygen atoms in total. The molecule has 2 aromatic rings. The quantitative estimate of drug-likeness (QED) is 0.859. The Morgan fingerprint density at radius 3 is 3.12 bits per heavy atom. The number of hydrogen-bond donors (Lipinski definition) is 1. The molecule has 3 rings (SSSR count). The number of amides is 1. The fourth-order valence-corrected chi connectivity index (χ4v) is 2.75. The largest absolute Gasteiger partial charge is 0.374 e. The second-order valence-electron chi connectivity index (χ2n) is 5.73. The minimum Gasteiger partial charge on any atom is -0.374 e. The molecule has 2 heterocycles. The summed E-state index contributed by atoms with van der Waals surface area (Å²) in [6.45, 7) is 2.35. The van der Waals surface area contributed by atoms with Crippen LogP contribution in [-0.4, -0.2) is 58.1 Å². The lowest BCUT2D eigenvalue weighted by atomic mass is 10.1. The Morgan fingerprint density at radius 1 is 1.46 bits per heavy atom. The lowest BCUT2D eigenvalue weighted by Gasteiger charge is -2.32. The van der Waals surface area contributed by atoms with Gasteiger partial charge in [0, 0.05) is 26.1 Å². The van der Waals surface area contributed by atoms with Gasteiger partial charge in [0.1, 0.15) is 5.82 Å². The molecule has 24 heavy (non-hydrogen) atoms. The van der Waals surface area contributed by atoms with Gasteiger partial charge in [-0.25, -0.2) is 4.39 Å². The molecule has 1 aromatic carbocycles. The Kier molecular flexibility index (Phi) is 5.17. The van der Waals surface area contributed by atoms with Gasteiger partial charge in [-0.15, -0.1) is 5.10 Å². The Bertz CT molecular complexity index is 705. The molecule has 0 bridgehead atoms. The van der Waals surface area contributed by atoms with Gasteiger partial charge in [0.2, 0.25) is 0 Å². The number of benzene rings is 1. The molecule has 1 amide bonds. The number of morpholine rings is 1. The molecule has 128 valence electrons. The lowest BCUT2D eigenvalue weighted by Crippen LogP contribution is -2.46. The number of aromatic nitrogens is 3. The second kappa shape index (κ2) is 7.50. The number of rotatable bonds is 5. The van der Waals surface area contributed by atoms with Gasteiger partial charge in [-0.1, -0.05) is 17.3 Å². The van der Waals surface area contributed by atoms with Crippen molar-refractivity contribution in [3.8, 4) is 0 Å². The highest BCUT2D eigenvalue weighted by atomic mass is 19.1. The molecule has 1 aromatic heterocycles. The van der Waals surface area contributed by atoms with Crippen molar-refractivity contribution < 1.29 is 13.9 Å². The monoisotopic (exact) mass is 333 g/mol. The highest BCUT2D eigenvalue weighted by Crippen LogP contribution is 2.14. The van der Waals surface area contributed by atoms with Crippen molar-refractivity contribution in [2.75, 3.05) is 26.2 Å². The molecule has 1 atom stereocenters. The average Bonchev–Trinajstić information content (AvgIpc) is 3.03. The first kappa shape index (κ1) is 16.5. The van der Waals surface area contributed by atoms with Gasteiger partial charge in [0.25, 0.3) is 5.91 Å². The minimum absolute atomic E-state index is 0.163. The zero-order valence-corrected chi connectivity index (χ0v) is 13.3. The Balaban J connectivity index is 1.63. The van der Waals surface area contributed by atoms with Crippen LogP contribution in [0.3, 0.4) is 0 Å². The Hall–Kier alpha value is -2.32. The van der Waals surface area contributed by atoms with Gasteiger partial charge in [0.15, 0.2) is 5.69 Å². The highest BCUT2D eigenvalue weighted by molar-refractivity contribution is 5.92. The maximum atomic E-state index is 13.3. The molecule has 0 saturated carbocycles. The van der Waals surface area contributed by atoms with Crippen LogP contribution >= 0.6 is 0 Å². The lowest BCUT2D eigenvalue weighted by molar-refractivity contribution is -0.0210. The molecule has 1 saturated heterocycles. The third-order valence-electron chi connectivity index (χ3n) is 3.89. The zero-order valence-electron chi connectivity index (χ0n) is 13.3. The van der Waals surface area contributed by atoms with E-state index in [4.69, 9.17) is 10.5 Å². The first-order valence-electron chi connectivity index (χ1n) is 7.91. The van der Waals surface area contributed by atoms with Crippen molar-refractivity contribution >= 4 is 5.91 Å². The molecule has 8 heteroatoms. The topological polar surface area (TPSA) is 86.3 Å². The van der Waals surface area contributed by atoms with E-state index in [-0.39, 0.29) is 17.8 Å². The van der Waals surface area contributed by atoms with E-state index in [9.17, 15) is 9.18 Å². The van der Waals surface area contributed by atoms with Crippen LogP contribution in [0.1, 0.15) is 16.1 Å². The van der Waals surface area contributed by atoms with E-state index in [0.29, 0.717) is 44.9 Å². The first-order valence-corrected chi connectivity index (χ1v) is 7.91. The molecule has 1 aliphatic rings. The first-order chi connectivity index (χ1) is 11.7. The number of carbonyl (C=O) groups excluding carboxylic acids is 1. The molecular formula is C16H20FN5O2. The van der Waals surface area contributed by atoms with Crippen LogP contribution in [0.15, 0.2) is 30.5 Å². The van der Waals surface area contributed by atoms with Crippen LogP contribution in [0.25, 0.3) is 0 Å². The van der Waals surface area contributed by atoms with Crippen molar-refractivity contribution in [1.82, 2.24) is 19.9 Å². The third kappa shape index (κ3) is 3.95. The van der Waals surface area contributed by atoms with Crippen molar-refractivity contribution in [2.24, 2.45) is 5.73 Å². The fourth-order valence-electron chi connectivity index (χ4n) is 2.75. The van der Waals surface area contributed by atoms with Gasteiger partial charge < -0.3 is 15.4 Å². The van der Waals surface area contributed by atoms with Crippen molar-refractivity contribution in [2.45, 2.75) is 19.1 Å². The number of hydrogen-bond acceptors (Lipinski definition) is 5. The van der Waals surface area contributed by atoms with E-state index < -0.39 is 0 Å². The fraction of sp³-hybridized carbons (Fsp3) is 0.438. The van der Waals surface area contributed by atoms with Crippen LogP contribution in [0.5, 0.6) is 0 Å². The zero-order chi connectivity index (χ0) is 16.9. The second-order valence-corrected chi connectivity index (χ2v) is 5.73. The van der Waals surface area contributed by atoms with Crippen LogP contribution < -0.4 is 5.73 Å². The van der Waals surface area contributed by atoms with Crippen molar-refractivity contribution in [3.05, 3.63) is 47.5 Å². The Morgan fingerprint density at radius 2 is 2.33 bits per heavy atom. The maximum absolute atomic E-state index is 13.3. The minimum atomic E-state index is -0.271. The molecule has 0 radical (unpaired) electrons. The van der Waals surface area contributed by atoms with E-state index >= 15 is 0 Å². The molecule has 1 fully saturated rings. The van der Waals surface area contributed by atoms with E-state index in [1.807, 2.05) is 6.07 Å². The van der Waals surface area contributed by atoms with Gasteiger partial charge >= 0.3 is 0 Å². The highest BCUT2D eigenvalue weighted by Gasteiger charge is 2.26. The summed E-state index contributed by atoms with van der Waals surface area (Å²) in [6.07, 6.45) is 2.00. The van der Waals surface area contributed by atoms with E-state index in [2.05, 4.69) is 10.3 Å². The number of nitrogens with two attached hydrogens (primary N) is 1. The number of carbonyl (C=O) groups is 1. The summed E-state index contributed by atoms with van der Waals surface area (Å²) in [4.78, 5) is 14.2. The third-order valence-corrected chi connectivity index (χ3v) is 3.89. The van der Waals surface area contributed by atoms with Crippen LogP contribution in [0.4, 0.5) is 4.39 Å². The Labute approximate surface area is 139 Å². The summed E-state index contributed by atoms with van der Waals surface area (Å²) in [5.41, 5.74) is 6.61. The van der Waals surface area contributed by atoms with Gasteiger partial charge in [-0.05, 0) is 17.7 Å². The summed E-state index contributed by atoms with van der Waals surface area (Å²) in [5.74, 6) is -0.446. The predicted molar refractivity (Wildman–Crippen MR) is 84.8 cm³/mol. The van der Waals surface area contributed by atoms with Crippen LogP contribution in [-0.2, 0) is 17.7 Å². The van der Waals surface area contributed by atoms with Crippen molar-refractivity contribution in [3.63, 3.8) is 0 Å². The molecule has 0 spiro atoms. The summed E-state index contributed by atoms with van der Waals surface area (Å²) < 4.78 is 20.5. The maximum Gasteiger partial charge on any atom is 0.276 e. The van der Waals surface area contributed by atoms with Crippen LogP contribution in [0, 0.1) is 5.82 Å². The van der Waals surface area contributed by atoms with E-state index in [0.717, 1.165) is 5.56 Å². The van der Waals surface area contributed by atoms with E-state index in [1.165, 1.54) is 12.1 Å². The predicted octanol–water partition coefficient (Wildman–Crippen LogP) is 0.460. The summed E-state index contributed by atoms with van der Waals surface area (Å²) in [7, 11) is 0. The number of halogens is 1. The van der Waals surface area contributed by atoms with Crippen LogP contribution in [0.2, 0.25) is 0 Å². The molecule has 2 N–H and O–H groups in total. The molecule has 1 unspecified atom stereocenters. The summed E-state index contributed by atoms with van der Waals surface area (Å²) >= 11 is 0. The SMILES string of the molecule is NCCn1cc(C(=O)N2CCOC(Cc3cccc(F)c3)C2)nn1. The standard InChI is InChI=1S/C16H20FN5O2/c17-13-3-1-2-12(8-13)9-14-10-21(6-7-24-14)16(23)15-11-22(5-4-18)20-19-15/h1-3,8,11,14H,4-7,9-10,18H2. The smallest absolute Gasteiger partial charge is 0.276 e. The average molecular weight is 333 g/mol. The number of ether oxygens (including phenoxy) is 1. The summed E-state index contributed by atoms with van der Waals surface area (Å²) in [6, 6.07) is 6.42. The van der Waals surface area contributed by atoms with Crippen molar-refractivity contribution in [1.29, 1.82) is 0 Å². The number of nitrogens with zero attached hydrogens (tertiary/aromatic N) is 4.